The van der Waals surface area contributed by atoms with Crippen molar-refractivity contribution in [3.05, 3.63) is 0 Å². The number of nitrogens with one attached hydrogen (secondary N) is 1. The predicted octanol–water partition coefficient (Wildman–Crippen LogP) is 1.27. The number of nitrogens with two attached hydrogens (primary N) is 1. The molecule has 2 rings (SSSR count). The zero-order chi connectivity index (χ0) is 10.7. The Hall–Kier alpha value is -0.120. The fourth-order valence-corrected chi connectivity index (χ4v) is 2.51. The molecule has 0 spiro atoms. The SMILES string of the molecule is COC1CC(CN)(NCCCC2CC2)C1. The molecule has 0 aromatic carbocycles. The lowest BCUT2D eigenvalue weighted by Crippen LogP contribution is -2.62. The molecule has 0 aromatic rings. The third-order valence-corrected chi connectivity index (χ3v) is 3.95. The molecule has 0 bridgehead atoms. The molecule has 2 fully saturated rings. The van der Waals surface area contributed by atoms with E-state index in [-0.39, 0.29) is 5.54 Å². The van der Waals surface area contributed by atoms with Gasteiger partial charge in [-0.2, -0.15) is 0 Å². The third kappa shape index (κ3) is 2.92. The highest BCUT2D eigenvalue weighted by atomic mass is 16.5. The molecule has 0 atom stereocenters. The molecule has 3 heteroatoms. The monoisotopic (exact) mass is 212 g/mol. The van der Waals surface area contributed by atoms with Crippen molar-refractivity contribution in [3.63, 3.8) is 0 Å². The summed E-state index contributed by atoms with van der Waals surface area (Å²) in [7, 11) is 1.79. The average Bonchev–Trinajstić information content (AvgIpc) is 2.99. The second-order valence-corrected chi connectivity index (χ2v) is 5.26. The van der Waals surface area contributed by atoms with Crippen molar-refractivity contribution in [1.82, 2.24) is 5.32 Å². The molecule has 15 heavy (non-hydrogen) atoms. The Morgan fingerprint density at radius 1 is 1.40 bits per heavy atom. The van der Waals surface area contributed by atoms with Crippen molar-refractivity contribution in [1.29, 1.82) is 0 Å². The molecule has 2 aliphatic rings. The number of hydrogen-bond acceptors (Lipinski definition) is 3. The van der Waals surface area contributed by atoms with Crippen molar-refractivity contribution in [3.8, 4) is 0 Å². The summed E-state index contributed by atoms with van der Waals surface area (Å²) in [5.41, 5.74) is 6.02. The van der Waals surface area contributed by atoms with Crippen LogP contribution in [-0.4, -0.2) is 31.8 Å². The summed E-state index contributed by atoms with van der Waals surface area (Å²) in [5, 5.41) is 3.62. The van der Waals surface area contributed by atoms with Gasteiger partial charge in [-0.1, -0.05) is 12.8 Å². The summed E-state index contributed by atoms with van der Waals surface area (Å²) in [6.45, 7) is 1.88. The zero-order valence-electron chi connectivity index (χ0n) is 9.80. The van der Waals surface area contributed by atoms with Gasteiger partial charge in [-0.25, -0.2) is 0 Å². The molecule has 0 amide bonds. The Kier molecular flexibility index (Phi) is 3.65. The molecule has 2 saturated carbocycles. The topological polar surface area (TPSA) is 47.3 Å². The number of hydrogen-bond donors (Lipinski definition) is 2. The average molecular weight is 212 g/mol. The first-order chi connectivity index (χ1) is 7.28. The van der Waals surface area contributed by atoms with E-state index in [1.54, 1.807) is 7.11 Å². The highest BCUT2D eigenvalue weighted by Crippen LogP contribution is 2.35. The zero-order valence-corrected chi connectivity index (χ0v) is 9.80. The minimum atomic E-state index is 0.199. The molecule has 0 heterocycles. The predicted molar refractivity (Wildman–Crippen MR) is 61.8 cm³/mol. The van der Waals surface area contributed by atoms with Gasteiger partial charge in [0.05, 0.1) is 6.10 Å². The van der Waals surface area contributed by atoms with E-state index in [0.717, 1.165) is 31.8 Å². The maximum absolute atomic E-state index is 5.82. The van der Waals surface area contributed by atoms with Gasteiger partial charge in [-0.15, -0.1) is 0 Å². The Morgan fingerprint density at radius 2 is 2.13 bits per heavy atom. The van der Waals surface area contributed by atoms with E-state index in [2.05, 4.69) is 5.32 Å². The molecular weight excluding hydrogens is 188 g/mol. The van der Waals surface area contributed by atoms with Crippen LogP contribution < -0.4 is 11.1 Å². The van der Waals surface area contributed by atoms with Crippen LogP contribution in [0.3, 0.4) is 0 Å². The van der Waals surface area contributed by atoms with Gasteiger partial charge < -0.3 is 15.8 Å². The second-order valence-electron chi connectivity index (χ2n) is 5.26. The molecular formula is C12H24N2O. The fraction of sp³-hybridized carbons (Fsp3) is 1.00. The van der Waals surface area contributed by atoms with E-state index in [0.29, 0.717) is 6.10 Å². The highest BCUT2D eigenvalue weighted by molar-refractivity contribution is 5.02. The summed E-state index contributed by atoms with van der Waals surface area (Å²) in [6, 6.07) is 0. The summed E-state index contributed by atoms with van der Waals surface area (Å²) in [5.74, 6) is 1.05. The standard InChI is InChI=1S/C12H24N2O/c1-15-11-7-12(8-11,9-13)14-6-2-3-10-4-5-10/h10-11,14H,2-9,13H2,1H3. The van der Waals surface area contributed by atoms with Gasteiger partial charge in [-0.05, 0) is 38.1 Å². The maximum atomic E-state index is 5.82. The van der Waals surface area contributed by atoms with E-state index in [4.69, 9.17) is 10.5 Å². The van der Waals surface area contributed by atoms with Crippen molar-refractivity contribution in [2.75, 3.05) is 20.2 Å². The smallest absolute Gasteiger partial charge is 0.0607 e. The number of methoxy groups -OCH3 is 1. The van der Waals surface area contributed by atoms with Crippen LogP contribution >= 0.6 is 0 Å². The van der Waals surface area contributed by atoms with Crippen LogP contribution in [0.25, 0.3) is 0 Å². The quantitative estimate of drug-likeness (QED) is 0.625. The van der Waals surface area contributed by atoms with Crippen LogP contribution in [0.1, 0.15) is 38.5 Å². The Labute approximate surface area is 92.7 Å². The Bertz CT molecular complexity index is 198. The van der Waals surface area contributed by atoms with E-state index in [1.807, 2.05) is 0 Å². The summed E-state index contributed by atoms with van der Waals surface area (Å²) >= 11 is 0. The normalized spacial score (nSPS) is 35.2. The summed E-state index contributed by atoms with van der Waals surface area (Å²) in [4.78, 5) is 0. The van der Waals surface area contributed by atoms with Crippen LogP contribution in [-0.2, 0) is 4.74 Å². The van der Waals surface area contributed by atoms with E-state index in [1.165, 1.54) is 25.7 Å². The highest BCUT2D eigenvalue weighted by Gasteiger charge is 2.42. The van der Waals surface area contributed by atoms with Gasteiger partial charge in [0.25, 0.3) is 0 Å². The molecule has 3 N–H and O–H groups in total. The fourth-order valence-electron chi connectivity index (χ4n) is 2.51. The summed E-state index contributed by atoms with van der Waals surface area (Å²) in [6.07, 6.45) is 8.25. The van der Waals surface area contributed by atoms with Gasteiger partial charge in [0.15, 0.2) is 0 Å². The van der Waals surface area contributed by atoms with Crippen LogP contribution in [0.5, 0.6) is 0 Å². The van der Waals surface area contributed by atoms with Crippen LogP contribution in [0, 0.1) is 5.92 Å². The van der Waals surface area contributed by atoms with E-state index in [9.17, 15) is 0 Å². The van der Waals surface area contributed by atoms with Crippen molar-refractivity contribution < 1.29 is 4.74 Å². The van der Waals surface area contributed by atoms with Gasteiger partial charge in [-0.3, -0.25) is 0 Å². The van der Waals surface area contributed by atoms with E-state index < -0.39 is 0 Å². The van der Waals surface area contributed by atoms with Gasteiger partial charge in [0, 0.05) is 19.2 Å². The van der Waals surface area contributed by atoms with E-state index >= 15 is 0 Å². The minimum absolute atomic E-state index is 0.199. The minimum Gasteiger partial charge on any atom is -0.381 e. The van der Waals surface area contributed by atoms with Crippen molar-refractivity contribution in [2.24, 2.45) is 11.7 Å². The van der Waals surface area contributed by atoms with Gasteiger partial charge in [0.2, 0.25) is 0 Å². The molecule has 0 aromatic heterocycles. The first kappa shape index (κ1) is 11.4. The van der Waals surface area contributed by atoms with Gasteiger partial charge >= 0.3 is 0 Å². The summed E-state index contributed by atoms with van der Waals surface area (Å²) < 4.78 is 5.30. The Morgan fingerprint density at radius 3 is 2.67 bits per heavy atom. The largest absolute Gasteiger partial charge is 0.381 e. The molecule has 0 saturated heterocycles. The lowest BCUT2D eigenvalue weighted by Gasteiger charge is -2.47. The third-order valence-electron chi connectivity index (χ3n) is 3.95. The number of ether oxygens (including phenoxy) is 1. The Balaban J connectivity index is 1.59. The van der Waals surface area contributed by atoms with Crippen LogP contribution in [0.15, 0.2) is 0 Å². The van der Waals surface area contributed by atoms with Gasteiger partial charge in [0.1, 0.15) is 0 Å². The molecule has 88 valence electrons. The van der Waals surface area contributed by atoms with Crippen LogP contribution in [0.2, 0.25) is 0 Å². The van der Waals surface area contributed by atoms with Crippen molar-refractivity contribution >= 4 is 0 Å². The lowest BCUT2D eigenvalue weighted by atomic mass is 9.74. The number of rotatable bonds is 7. The van der Waals surface area contributed by atoms with Crippen LogP contribution in [0.4, 0.5) is 0 Å². The second kappa shape index (κ2) is 4.81. The molecule has 2 aliphatic carbocycles. The first-order valence-electron chi connectivity index (χ1n) is 6.26. The molecule has 0 unspecified atom stereocenters. The van der Waals surface area contributed by atoms with Crippen molar-refractivity contribution in [2.45, 2.75) is 50.2 Å². The first-order valence-corrected chi connectivity index (χ1v) is 6.26. The molecule has 3 nitrogen and oxygen atoms in total. The maximum Gasteiger partial charge on any atom is 0.0607 e. The lowest BCUT2D eigenvalue weighted by molar-refractivity contribution is -0.0264. The molecule has 0 aliphatic heterocycles. The molecule has 0 radical (unpaired) electrons.